The summed E-state index contributed by atoms with van der Waals surface area (Å²) in [4.78, 5) is 12.6. The van der Waals surface area contributed by atoms with Gasteiger partial charge in [-0.2, -0.15) is 0 Å². The molecule has 0 radical (unpaired) electrons. The van der Waals surface area contributed by atoms with Gasteiger partial charge < -0.3 is 10.6 Å². The van der Waals surface area contributed by atoms with E-state index in [1.807, 2.05) is 18.2 Å². The number of carbonyl (C=O) groups excluding carboxylic acids is 1. The molecule has 1 heterocycles. The van der Waals surface area contributed by atoms with Gasteiger partial charge >= 0.3 is 0 Å². The van der Waals surface area contributed by atoms with Crippen LogP contribution in [0, 0.1) is 0 Å². The number of carbonyl (C=O) groups is 1. The predicted octanol–water partition coefficient (Wildman–Crippen LogP) is 2.01. The van der Waals surface area contributed by atoms with Crippen LogP contribution < -0.4 is 10.6 Å². The second kappa shape index (κ2) is 5.93. The lowest BCUT2D eigenvalue weighted by atomic mass is 9.63. The van der Waals surface area contributed by atoms with E-state index in [1.54, 1.807) is 0 Å². The molecule has 1 saturated heterocycles. The smallest absolute Gasteiger partial charge is 0.230 e. The molecular weight excluding hydrogens is 260 g/mol. The zero-order valence-corrected chi connectivity index (χ0v) is 11.8. The minimum absolute atomic E-state index is 0. The number of hydrogen-bond donors (Lipinski definition) is 2. The molecule has 1 atom stereocenters. The monoisotopic (exact) mass is 280 g/mol. The van der Waals surface area contributed by atoms with Crippen molar-refractivity contribution in [3.05, 3.63) is 35.9 Å². The molecule has 2 fully saturated rings. The molecule has 19 heavy (non-hydrogen) atoms. The highest BCUT2D eigenvalue weighted by Crippen LogP contribution is 2.43. The summed E-state index contributed by atoms with van der Waals surface area (Å²) in [5.41, 5.74) is 0.934. The summed E-state index contributed by atoms with van der Waals surface area (Å²) in [6, 6.07) is 10.6. The summed E-state index contributed by atoms with van der Waals surface area (Å²) in [6.07, 6.45) is 4.19. The molecule has 3 nitrogen and oxygen atoms in total. The van der Waals surface area contributed by atoms with Crippen LogP contribution >= 0.6 is 12.4 Å². The van der Waals surface area contributed by atoms with Crippen molar-refractivity contribution in [1.82, 2.24) is 10.6 Å². The molecule has 0 bridgehead atoms. The Morgan fingerprint density at radius 3 is 2.53 bits per heavy atom. The molecule has 2 aliphatic rings. The average Bonchev–Trinajstić information content (AvgIpc) is 2.82. The SMILES string of the molecule is Cl.O=C(NC1CCNC1)C1(c2ccccc2)CCC1. The maximum absolute atomic E-state index is 12.6. The van der Waals surface area contributed by atoms with Crippen molar-refractivity contribution in [3.63, 3.8) is 0 Å². The zero-order chi connectivity index (χ0) is 12.4. The molecule has 1 amide bonds. The van der Waals surface area contributed by atoms with Crippen LogP contribution in [0.2, 0.25) is 0 Å². The maximum Gasteiger partial charge on any atom is 0.230 e. The third-order valence-corrected chi connectivity index (χ3v) is 4.36. The third-order valence-electron chi connectivity index (χ3n) is 4.36. The van der Waals surface area contributed by atoms with Crippen LogP contribution in [0.15, 0.2) is 30.3 Å². The molecule has 3 rings (SSSR count). The van der Waals surface area contributed by atoms with E-state index in [0.717, 1.165) is 38.8 Å². The Hall–Kier alpha value is -1.06. The van der Waals surface area contributed by atoms with Crippen molar-refractivity contribution in [2.75, 3.05) is 13.1 Å². The summed E-state index contributed by atoms with van der Waals surface area (Å²) >= 11 is 0. The summed E-state index contributed by atoms with van der Waals surface area (Å²) in [6.45, 7) is 1.93. The van der Waals surface area contributed by atoms with Crippen molar-refractivity contribution in [1.29, 1.82) is 0 Å². The van der Waals surface area contributed by atoms with Crippen molar-refractivity contribution in [2.45, 2.75) is 37.1 Å². The Morgan fingerprint density at radius 1 is 1.26 bits per heavy atom. The molecule has 1 saturated carbocycles. The van der Waals surface area contributed by atoms with Gasteiger partial charge in [0, 0.05) is 12.6 Å². The standard InChI is InChI=1S/C15H20N2O.ClH/c18-14(17-13-7-10-16-11-13)15(8-4-9-15)12-5-2-1-3-6-12;/h1-3,5-6,13,16H,4,7-11H2,(H,17,18);1H. The van der Waals surface area contributed by atoms with E-state index in [-0.39, 0.29) is 23.7 Å². The number of nitrogens with one attached hydrogen (secondary N) is 2. The molecule has 1 aromatic carbocycles. The first-order valence-corrected chi connectivity index (χ1v) is 6.88. The van der Waals surface area contributed by atoms with Crippen molar-refractivity contribution < 1.29 is 4.79 Å². The lowest BCUT2D eigenvalue weighted by Crippen LogP contribution is -2.52. The summed E-state index contributed by atoms with van der Waals surface area (Å²) in [5.74, 6) is 0.230. The van der Waals surface area contributed by atoms with E-state index in [1.165, 1.54) is 5.56 Å². The van der Waals surface area contributed by atoms with Crippen molar-refractivity contribution in [3.8, 4) is 0 Å². The molecule has 1 aliphatic carbocycles. The third kappa shape index (κ3) is 2.63. The van der Waals surface area contributed by atoms with Gasteiger partial charge in [-0.3, -0.25) is 4.79 Å². The minimum atomic E-state index is -0.246. The predicted molar refractivity (Wildman–Crippen MR) is 78.6 cm³/mol. The summed E-state index contributed by atoms with van der Waals surface area (Å²) in [7, 11) is 0. The zero-order valence-electron chi connectivity index (χ0n) is 11.0. The Labute approximate surface area is 120 Å². The Kier molecular flexibility index (Phi) is 4.48. The van der Waals surface area contributed by atoms with Gasteiger partial charge in [0.1, 0.15) is 0 Å². The quantitative estimate of drug-likeness (QED) is 0.889. The summed E-state index contributed by atoms with van der Waals surface area (Å²) < 4.78 is 0. The molecule has 1 aromatic rings. The number of benzene rings is 1. The second-order valence-corrected chi connectivity index (χ2v) is 5.46. The number of rotatable bonds is 3. The van der Waals surface area contributed by atoms with Gasteiger partial charge in [0.2, 0.25) is 5.91 Å². The van der Waals surface area contributed by atoms with Gasteiger partial charge in [0.05, 0.1) is 5.41 Å². The molecular formula is C15H21ClN2O. The maximum atomic E-state index is 12.6. The fraction of sp³-hybridized carbons (Fsp3) is 0.533. The van der Waals surface area contributed by atoms with E-state index < -0.39 is 0 Å². The van der Waals surface area contributed by atoms with Gasteiger partial charge in [0.25, 0.3) is 0 Å². The first-order chi connectivity index (χ1) is 8.81. The summed E-state index contributed by atoms with van der Waals surface area (Å²) in [5, 5.41) is 6.51. The molecule has 1 unspecified atom stereocenters. The first kappa shape index (κ1) is 14.4. The second-order valence-electron chi connectivity index (χ2n) is 5.46. The number of halogens is 1. The van der Waals surface area contributed by atoms with Gasteiger partial charge in [-0.15, -0.1) is 12.4 Å². The Bertz CT molecular complexity index is 425. The Balaban J connectivity index is 0.00000133. The van der Waals surface area contributed by atoms with E-state index in [2.05, 4.69) is 22.8 Å². The van der Waals surface area contributed by atoms with Crippen LogP contribution in [0.25, 0.3) is 0 Å². The first-order valence-electron chi connectivity index (χ1n) is 6.88. The molecule has 0 spiro atoms. The van der Waals surface area contributed by atoms with Crippen LogP contribution in [0.5, 0.6) is 0 Å². The lowest BCUT2D eigenvalue weighted by Gasteiger charge is -2.41. The highest BCUT2D eigenvalue weighted by atomic mass is 35.5. The minimum Gasteiger partial charge on any atom is -0.351 e. The van der Waals surface area contributed by atoms with Crippen molar-refractivity contribution >= 4 is 18.3 Å². The molecule has 1 aliphatic heterocycles. The number of hydrogen-bond acceptors (Lipinski definition) is 2. The fourth-order valence-corrected chi connectivity index (χ4v) is 3.04. The molecule has 4 heteroatoms. The lowest BCUT2D eigenvalue weighted by molar-refractivity contribution is -0.130. The molecule has 0 aromatic heterocycles. The van der Waals surface area contributed by atoms with Gasteiger partial charge in [-0.1, -0.05) is 36.8 Å². The van der Waals surface area contributed by atoms with E-state index in [0.29, 0.717) is 6.04 Å². The highest BCUT2D eigenvalue weighted by molar-refractivity contribution is 5.89. The number of amides is 1. The molecule has 2 N–H and O–H groups in total. The average molecular weight is 281 g/mol. The largest absolute Gasteiger partial charge is 0.351 e. The van der Waals surface area contributed by atoms with Crippen molar-refractivity contribution in [2.24, 2.45) is 0 Å². The van der Waals surface area contributed by atoms with Gasteiger partial charge in [-0.05, 0) is 31.4 Å². The fourth-order valence-electron chi connectivity index (χ4n) is 3.04. The van der Waals surface area contributed by atoms with Crippen LogP contribution in [0.4, 0.5) is 0 Å². The topological polar surface area (TPSA) is 41.1 Å². The van der Waals surface area contributed by atoms with Crippen LogP contribution in [-0.2, 0) is 10.2 Å². The van der Waals surface area contributed by atoms with E-state index in [9.17, 15) is 4.79 Å². The van der Waals surface area contributed by atoms with Crippen LogP contribution in [0.1, 0.15) is 31.2 Å². The van der Waals surface area contributed by atoms with Crippen LogP contribution in [0.3, 0.4) is 0 Å². The normalized spacial score (nSPS) is 24.1. The molecule has 104 valence electrons. The Morgan fingerprint density at radius 2 is 2.00 bits per heavy atom. The van der Waals surface area contributed by atoms with Gasteiger partial charge in [0.15, 0.2) is 0 Å². The van der Waals surface area contributed by atoms with Gasteiger partial charge in [-0.25, -0.2) is 0 Å². The van der Waals surface area contributed by atoms with E-state index in [4.69, 9.17) is 0 Å². The van der Waals surface area contributed by atoms with Crippen LogP contribution in [-0.4, -0.2) is 25.0 Å². The van der Waals surface area contributed by atoms with E-state index >= 15 is 0 Å². The highest BCUT2D eigenvalue weighted by Gasteiger charge is 2.46.